The molecule has 0 aromatic heterocycles. The third-order valence-electron chi connectivity index (χ3n) is 6.46. The number of carbonyl (C=O) groups is 5. The van der Waals surface area contributed by atoms with Crippen LogP contribution < -0.4 is 10.6 Å². The zero-order chi connectivity index (χ0) is 29.7. The fourth-order valence-corrected chi connectivity index (χ4v) is 4.18. The number of rotatable bonds is 30. The highest BCUT2D eigenvalue weighted by molar-refractivity contribution is 5.84. The molecule has 0 bridgehead atoms. The Kier molecular flexibility index (Phi) is 26.2. The van der Waals surface area contributed by atoms with Crippen molar-refractivity contribution >= 4 is 30.0 Å². The molecule has 0 aromatic carbocycles. The summed E-state index contributed by atoms with van der Waals surface area (Å²) in [5.41, 5.74) is 0. The van der Waals surface area contributed by atoms with Gasteiger partial charge in [-0.15, -0.1) is 0 Å². The van der Waals surface area contributed by atoms with E-state index < -0.39 is 18.0 Å². The molecule has 1 atom stereocenters. The topological polar surface area (TPSA) is 168 Å². The molecule has 0 aliphatic carbocycles. The Morgan fingerprint density at radius 1 is 0.625 bits per heavy atom. The Morgan fingerprint density at radius 2 is 1.12 bits per heavy atom. The Morgan fingerprint density at radius 3 is 1.62 bits per heavy atom. The lowest BCUT2D eigenvalue weighted by Gasteiger charge is -2.14. The van der Waals surface area contributed by atoms with Gasteiger partial charge >= 0.3 is 11.9 Å². The second kappa shape index (κ2) is 28.0. The van der Waals surface area contributed by atoms with Crippen LogP contribution in [0, 0.1) is 0 Å². The quantitative estimate of drug-likeness (QED) is 0.0734. The first kappa shape index (κ1) is 37.5. The van der Waals surface area contributed by atoms with Crippen LogP contribution in [0.3, 0.4) is 0 Å². The van der Waals surface area contributed by atoms with Crippen LogP contribution in [0.2, 0.25) is 0 Å². The molecule has 0 rings (SSSR count). The number of hydrogen-bond acceptors (Lipinski definition) is 7. The number of carboxylic acids is 2. The number of nitrogens with one attached hydrogen (secondary N) is 2. The summed E-state index contributed by atoms with van der Waals surface area (Å²) >= 11 is 0. The van der Waals surface area contributed by atoms with Crippen molar-refractivity contribution in [2.75, 3.05) is 33.0 Å². The molecular weight excluding hydrogens is 520 g/mol. The van der Waals surface area contributed by atoms with Gasteiger partial charge in [0.15, 0.2) is 0 Å². The molecule has 0 aromatic rings. The fourth-order valence-electron chi connectivity index (χ4n) is 4.18. The van der Waals surface area contributed by atoms with Gasteiger partial charge in [-0.05, 0) is 19.3 Å². The van der Waals surface area contributed by atoms with E-state index in [0.29, 0.717) is 19.3 Å². The summed E-state index contributed by atoms with van der Waals surface area (Å²) in [6.45, 7) is 1.16. The van der Waals surface area contributed by atoms with Gasteiger partial charge < -0.3 is 35.1 Å². The van der Waals surface area contributed by atoms with Crippen molar-refractivity contribution in [3.63, 3.8) is 0 Å². The first-order chi connectivity index (χ1) is 19.4. The Bertz CT molecular complexity index is 688. The number of hydrogen-bond donors (Lipinski definition) is 4. The Labute approximate surface area is 239 Å². The van der Waals surface area contributed by atoms with Crippen molar-refractivity contribution in [1.29, 1.82) is 0 Å². The van der Waals surface area contributed by atoms with Gasteiger partial charge in [0.1, 0.15) is 18.9 Å². The Balaban J connectivity index is 3.64. The first-order valence-electron chi connectivity index (χ1n) is 15.0. The van der Waals surface area contributed by atoms with E-state index in [1.807, 2.05) is 0 Å². The van der Waals surface area contributed by atoms with E-state index in [2.05, 4.69) is 10.6 Å². The van der Waals surface area contributed by atoms with Crippen LogP contribution >= 0.6 is 0 Å². The highest BCUT2D eigenvalue weighted by atomic mass is 16.5. The highest BCUT2D eigenvalue weighted by Gasteiger charge is 2.20. The van der Waals surface area contributed by atoms with Crippen molar-refractivity contribution in [1.82, 2.24) is 10.6 Å². The first-order valence-corrected chi connectivity index (χ1v) is 15.0. The largest absolute Gasteiger partial charge is 0.481 e. The summed E-state index contributed by atoms with van der Waals surface area (Å²) in [4.78, 5) is 56.1. The molecule has 11 nitrogen and oxygen atoms in total. The summed E-state index contributed by atoms with van der Waals surface area (Å²) in [6, 6.07) is -1.10. The van der Waals surface area contributed by atoms with E-state index in [9.17, 15) is 29.1 Å². The van der Waals surface area contributed by atoms with Gasteiger partial charge in [-0.1, -0.05) is 77.0 Å². The normalized spacial score (nSPS) is 11.6. The van der Waals surface area contributed by atoms with Gasteiger partial charge in [0.25, 0.3) is 0 Å². The van der Waals surface area contributed by atoms with Crippen LogP contribution in [0.5, 0.6) is 0 Å². The molecule has 0 aliphatic heterocycles. The monoisotopic (exact) mass is 572 g/mol. The number of amides is 2. The molecule has 0 radical (unpaired) electrons. The Hall–Kier alpha value is -2.53. The molecule has 0 heterocycles. The van der Waals surface area contributed by atoms with Gasteiger partial charge in [-0.25, -0.2) is 4.79 Å². The number of carbonyl (C=O) groups excluding carboxylic acids is 3. The third-order valence-corrected chi connectivity index (χ3v) is 6.46. The van der Waals surface area contributed by atoms with E-state index in [0.717, 1.165) is 38.5 Å². The lowest BCUT2D eigenvalue weighted by molar-refractivity contribution is -0.142. The molecule has 11 heteroatoms. The van der Waals surface area contributed by atoms with Crippen LogP contribution in [0.4, 0.5) is 0 Å². The van der Waals surface area contributed by atoms with Crippen LogP contribution in [0.1, 0.15) is 116 Å². The predicted molar refractivity (Wildman–Crippen MR) is 151 cm³/mol. The van der Waals surface area contributed by atoms with Crippen LogP contribution in [-0.4, -0.2) is 79.3 Å². The second-order valence-corrected chi connectivity index (χ2v) is 10.0. The number of carboxylic acid groups (broad SMARTS) is 2. The maximum atomic E-state index is 12.2. The molecule has 4 N–H and O–H groups in total. The predicted octanol–water partition coefficient (Wildman–Crippen LogP) is 4.01. The fraction of sp³-hybridized carbons (Fsp3) is 0.828. The minimum absolute atomic E-state index is 0.0140. The molecular formula is C29H52N2O9. The van der Waals surface area contributed by atoms with Crippen molar-refractivity contribution in [2.45, 2.75) is 122 Å². The van der Waals surface area contributed by atoms with Crippen LogP contribution in [-0.2, 0) is 33.4 Å². The van der Waals surface area contributed by atoms with Crippen molar-refractivity contribution < 1.29 is 43.7 Å². The lowest BCUT2D eigenvalue weighted by atomic mass is 10.0. The van der Waals surface area contributed by atoms with Gasteiger partial charge in [-0.2, -0.15) is 0 Å². The van der Waals surface area contributed by atoms with Gasteiger partial charge in [0.2, 0.25) is 11.8 Å². The minimum atomic E-state index is -1.16. The molecule has 1 unspecified atom stereocenters. The molecule has 0 saturated heterocycles. The smallest absolute Gasteiger partial charge is 0.326 e. The van der Waals surface area contributed by atoms with Crippen molar-refractivity contribution in [3.8, 4) is 0 Å². The van der Waals surface area contributed by atoms with Gasteiger partial charge in [0, 0.05) is 25.8 Å². The molecule has 0 aliphatic rings. The van der Waals surface area contributed by atoms with Gasteiger partial charge in [0.05, 0.1) is 19.8 Å². The average Bonchev–Trinajstić information content (AvgIpc) is 2.91. The highest BCUT2D eigenvalue weighted by Crippen LogP contribution is 2.14. The maximum Gasteiger partial charge on any atom is 0.326 e. The van der Waals surface area contributed by atoms with Crippen molar-refractivity contribution in [2.24, 2.45) is 0 Å². The van der Waals surface area contributed by atoms with Crippen LogP contribution in [0.15, 0.2) is 0 Å². The SMILES string of the molecule is O=CCOCCOCCNC(=O)CCC(NC(=O)CCCCCCCCCCCCCCCCC(=O)O)C(=O)O. The number of unbranched alkanes of at least 4 members (excludes halogenated alkanes) is 13. The summed E-state index contributed by atoms with van der Waals surface area (Å²) in [7, 11) is 0. The number of aliphatic carboxylic acids is 2. The molecule has 232 valence electrons. The summed E-state index contributed by atoms with van der Waals surface area (Å²) in [6.07, 6.45) is 16.5. The summed E-state index contributed by atoms with van der Waals surface area (Å²) in [5, 5.41) is 23.1. The lowest BCUT2D eigenvalue weighted by Crippen LogP contribution is -2.41. The molecule has 0 saturated carbocycles. The van der Waals surface area contributed by atoms with E-state index in [1.54, 1.807) is 0 Å². The summed E-state index contributed by atoms with van der Waals surface area (Å²) in [5.74, 6) is -2.48. The average molecular weight is 573 g/mol. The van der Waals surface area contributed by atoms with E-state index in [-0.39, 0.29) is 63.9 Å². The third kappa shape index (κ3) is 27.1. The zero-order valence-corrected chi connectivity index (χ0v) is 24.2. The summed E-state index contributed by atoms with van der Waals surface area (Å²) < 4.78 is 10.2. The minimum Gasteiger partial charge on any atom is -0.481 e. The molecule has 0 spiro atoms. The molecule has 0 fully saturated rings. The van der Waals surface area contributed by atoms with E-state index in [4.69, 9.17) is 14.6 Å². The molecule has 40 heavy (non-hydrogen) atoms. The number of aldehydes is 1. The van der Waals surface area contributed by atoms with Gasteiger partial charge in [-0.3, -0.25) is 14.4 Å². The van der Waals surface area contributed by atoms with Crippen LogP contribution in [0.25, 0.3) is 0 Å². The van der Waals surface area contributed by atoms with E-state index >= 15 is 0 Å². The zero-order valence-electron chi connectivity index (χ0n) is 24.2. The number of ether oxygens (including phenoxy) is 2. The van der Waals surface area contributed by atoms with Crippen molar-refractivity contribution in [3.05, 3.63) is 0 Å². The second-order valence-electron chi connectivity index (χ2n) is 10.0. The van der Waals surface area contributed by atoms with E-state index in [1.165, 1.54) is 44.9 Å². The standard InChI is InChI=1S/C29H52N2O9/c32-20-22-40-24-23-39-21-19-30-26(33)18-17-25(29(37)38)31-27(34)15-13-11-9-7-5-3-1-2-4-6-8-10-12-14-16-28(35)36/h20,25H,1-19,21-24H2,(H,30,33)(H,31,34)(H,35,36)(H,37,38). The maximum absolute atomic E-state index is 12.2. The molecule has 2 amide bonds.